The molecule has 0 aliphatic rings. The number of hydrazine groups is 1. The van der Waals surface area contributed by atoms with Crippen molar-refractivity contribution in [3.63, 3.8) is 0 Å². The van der Waals surface area contributed by atoms with Crippen LogP contribution in [0.15, 0.2) is 6.07 Å². The van der Waals surface area contributed by atoms with Crippen molar-refractivity contribution in [3.05, 3.63) is 21.9 Å². The van der Waals surface area contributed by atoms with Crippen LogP contribution in [-0.4, -0.2) is 20.6 Å². The van der Waals surface area contributed by atoms with E-state index in [0.29, 0.717) is 18.7 Å². The van der Waals surface area contributed by atoms with E-state index < -0.39 is 4.92 Å². The van der Waals surface area contributed by atoms with Crippen LogP contribution >= 0.6 is 0 Å². The van der Waals surface area contributed by atoms with Gasteiger partial charge in [-0.1, -0.05) is 0 Å². The molecule has 0 aliphatic carbocycles. The number of amides is 1. The summed E-state index contributed by atoms with van der Waals surface area (Å²) in [5, 5.41) is 14.2. The predicted molar refractivity (Wildman–Crippen MR) is 55.2 cm³/mol. The van der Waals surface area contributed by atoms with E-state index in [4.69, 9.17) is 5.84 Å². The van der Waals surface area contributed by atoms with E-state index in [1.807, 2.05) is 5.43 Å². The number of carbonyl (C=O) groups is 1. The fourth-order valence-corrected chi connectivity index (χ4v) is 1.27. The summed E-state index contributed by atoms with van der Waals surface area (Å²) >= 11 is 0. The lowest BCUT2D eigenvalue weighted by atomic mass is 10.3. The molecule has 0 radical (unpaired) electrons. The normalized spacial score (nSPS) is 10.1. The Kier molecular flexibility index (Phi) is 3.95. The van der Waals surface area contributed by atoms with E-state index in [1.54, 1.807) is 6.92 Å². The van der Waals surface area contributed by atoms with Crippen LogP contribution in [0.4, 0.5) is 5.82 Å². The zero-order valence-corrected chi connectivity index (χ0v) is 8.84. The van der Waals surface area contributed by atoms with Gasteiger partial charge in [-0.25, -0.2) is 5.84 Å². The van der Waals surface area contributed by atoms with Crippen molar-refractivity contribution < 1.29 is 9.72 Å². The van der Waals surface area contributed by atoms with E-state index in [0.717, 1.165) is 0 Å². The lowest BCUT2D eigenvalue weighted by molar-refractivity contribution is -0.389. The summed E-state index contributed by atoms with van der Waals surface area (Å²) in [6.07, 6.45) is 0.798. The van der Waals surface area contributed by atoms with Crippen LogP contribution in [0.3, 0.4) is 0 Å². The van der Waals surface area contributed by atoms with Crippen molar-refractivity contribution in [2.45, 2.75) is 26.3 Å². The first-order valence-corrected chi connectivity index (χ1v) is 4.73. The molecule has 8 heteroatoms. The molecule has 1 rings (SSSR count). The Bertz CT molecular complexity index is 400. The average molecular weight is 227 g/mol. The highest BCUT2D eigenvalue weighted by Crippen LogP contribution is 2.11. The van der Waals surface area contributed by atoms with Crippen molar-refractivity contribution >= 4 is 11.7 Å². The molecule has 0 aromatic carbocycles. The van der Waals surface area contributed by atoms with Gasteiger partial charge in [0, 0.05) is 6.42 Å². The number of nitro groups is 1. The van der Waals surface area contributed by atoms with E-state index >= 15 is 0 Å². The van der Waals surface area contributed by atoms with Crippen LogP contribution in [0.5, 0.6) is 0 Å². The number of aromatic nitrogens is 2. The highest BCUT2D eigenvalue weighted by Gasteiger charge is 2.14. The lowest BCUT2D eigenvalue weighted by Gasteiger charge is -1.99. The number of rotatable bonds is 5. The van der Waals surface area contributed by atoms with Crippen LogP contribution in [0.2, 0.25) is 0 Å². The monoisotopic (exact) mass is 227 g/mol. The van der Waals surface area contributed by atoms with Gasteiger partial charge in [-0.05, 0) is 18.3 Å². The first-order chi connectivity index (χ1) is 7.54. The van der Waals surface area contributed by atoms with Crippen molar-refractivity contribution in [1.29, 1.82) is 0 Å². The first kappa shape index (κ1) is 12.1. The average Bonchev–Trinajstić information content (AvgIpc) is 2.60. The Balaban J connectivity index is 2.54. The molecule has 0 unspecified atom stereocenters. The second-order valence-corrected chi connectivity index (χ2v) is 3.30. The standard InChI is InChI=1S/C8H13N5O3/c1-6-5-7(13(15)16)11-12(6)4-2-3-8(14)10-9/h5H,2-4,9H2,1H3,(H,10,14). The molecular weight excluding hydrogens is 214 g/mol. The third-order valence-electron chi connectivity index (χ3n) is 2.09. The second kappa shape index (κ2) is 5.21. The van der Waals surface area contributed by atoms with Crippen LogP contribution in [0.25, 0.3) is 0 Å². The molecule has 1 aromatic rings. The van der Waals surface area contributed by atoms with Gasteiger partial charge in [-0.15, -0.1) is 0 Å². The molecule has 16 heavy (non-hydrogen) atoms. The Morgan fingerprint density at radius 3 is 2.94 bits per heavy atom. The second-order valence-electron chi connectivity index (χ2n) is 3.30. The molecule has 88 valence electrons. The molecule has 1 amide bonds. The summed E-state index contributed by atoms with van der Waals surface area (Å²) < 4.78 is 1.50. The summed E-state index contributed by atoms with van der Waals surface area (Å²) in [5.41, 5.74) is 2.71. The molecular formula is C8H13N5O3. The molecule has 3 N–H and O–H groups in total. The fourth-order valence-electron chi connectivity index (χ4n) is 1.27. The van der Waals surface area contributed by atoms with E-state index in [9.17, 15) is 14.9 Å². The number of hydrogen-bond donors (Lipinski definition) is 2. The SMILES string of the molecule is Cc1cc([N+](=O)[O-])nn1CCCC(=O)NN. The molecule has 1 heterocycles. The van der Waals surface area contributed by atoms with Crippen LogP contribution < -0.4 is 11.3 Å². The predicted octanol–water partition coefficient (Wildman–Crippen LogP) is -0.130. The maximum atomic E-state index is 10.8. The van der Waals surface area contributed by atoms with Gasteiger partial charge in [0.25, 0.3) is 0 Å². The minimum atomic E-state index is -0.546. The minimum absolute atomic E-state index is 0.180. The van der Waals surface area contributed by atoms with Crippen molar-refractivity contribution in [2.75, 3.05) is 0 Å². The van der Waals surface area contributed by atoms with Gasteiger partial charge in [-0.2, -0.15) is 4.68 Å². The molecule has 0 saturated heterocycles. The molecule has 8 nitrogen and oxygen atoms in total. The number of hydrogen-bond acceptors (Lipinski definition) is 5. The summed E-state index contributed by atoms with van der Waals surface area (Å²) in [5.74, 6) is 4.47. The highest BCUT2D eigenvalue weighted by atomic mass is 16.6. The summed E-state index contributed by atoms with van der Waals surface area (Å²) in [6, 6.07) is 1.39. The summed E-state index contributed by atoms with van der Waals surface area (Å²) in [7, 11) is 0. The number of nitrogens with one attached hydrogen (secondary N) is 1. The minimum Gasteiger partial charge on any atom is -0.358 e. The van der Waals surface area contributed by atoms with E-state index in [2.05, 4.69) is 5.10 Å². The van der Waals surface area contributed by atoms with Gasteiger partial charge in [0.15, 0.2) is 0 Å². The third kappa shape index (κ3) is 3.02. The van der Waals surface area contributed by atoms with Crippen LogP contribution in [-0.2, 0) is 11.3 Å². The molecule has 0 fully saturated rings. The lowest BCUT2D eigenvalue weighted by Crippen LogP contribution is -2.29. The molecule has 0 spiro atoms. The highest BCUT2D eigenvalue weighted by molar-refractivity contribution is 5.75. The maximum absolute atomic E-state index is 10.8. The maximum Gasteiger partial charge on any atom is 0.390 e. The molecule has 0 aliphatic heterocycles. The van der Waals surface area contributed by atoms with E-state index in [1.165, 1.54) is 10.7 Å². The Labute approximate surface area is 91.5 Å². The summed E-state index contributed by atoms with van der Waals surface area (Å²) in [4.78, 5) is 20.7. The number of aryl methyl sites for hydroxylation is 2. The Hall–Kier alpha value is -1.96. The van der Waals surface area contributed by atoms with Gasteiger partial charge in [0.2, 0.25) is 5.91 Å². The number of carbonyl (C=O) groups excluding carboxylic acids is 1. The zero-order chi connectivity index (χ0) is 12.1. The largest absolute Gasteiger partial charge is 0.390 e. The Morgan fingerprint density at radius 1 is 1.75 bits per heavy atom. The molecule has 0 saturated carbocycles. The molecule has 0 atom stereocenters. The van der Waals surface area contributed by atoms with Crippen molar-refractivity contribution in [1.82, 2.24) is 15.2 Å². The van der Waals surface area contributed by atoms with Gasteiger partial charge in [0.05, 0.1) is 23.4 Å². The van der Waals surface area contributed by atoms with Crippen LogP contribution in [0, 0.1) is 17.0 Å². The molecule has 1 aromatic heterocycles. The molecule has 0 bridgehead atoms. The smallest absolute Gasteiger partial charge is 0.358 e. The number of nitrogens with zero attached hydrogens (tertiary/aromatic N) is 3. The zero-order valence-electron chi connectivity index (χ0n) is 8.84. The fraction of sp³-hybridized carbons (Fsp3) is 0.500. The quantitative estimate of drug-likeness (QED) is 0.314. The summed E-state index contributed by atoms with van der Waals surface area (Å²) in [6.45, 7) is 2.18. The van der Waals surface area contributed by atoms with Gasteiger partial charge in [0.1, 0.15) is 0 Å². The van der Waals surface area contributed by atoms with Gasteiger partial charge < -0.3 is 10.1 Å². The van der Waals surface area contributed by atoms with Gasteiger partial charge >= 0.3 is 5.82 Å². The Morgan fingerprint density at radius 2 is 2.44 bits per heavy atom. The van der Waals surface area contributed by atoms with E-state index in [-0.39, 0.29) is 18.1 Å². The number of nitrogens with two attached hydrogens (primary N) is 1. The first-order valence-electron chi connectivity index (χ1n) is 4.73. The van der Waals surface area contributed by atoms with Gasteiger partial charge in [-0.3, -0.25) is 10.2 Å². The third-order valence-corrected chi connectivity index (χ3v) is 2.09. The van der Waals surface area contributed by atoms with Crippen molar-refractivity contribution in [3.8, 4) is 0 Å². The van der Waals surface area contributed by atoms with Crippen LogP contribution in [0.1, 0.15) is 18.5 Å². The topological polar surface area (TPSA) is 116 Å². The van der Waals surface area contributed by atoms with Crippen molar-refractivity contribution in [2.24, 2.45) is 5.84 Å².